The van der Waals surface area contributed by atoms with Crippen molar-refractivity contribution in [3.05, 3.63) is 48.2 Å². The van der Waals surface area contributed by atoms with Gasteiger partial charge in [0.25, 0.3) is 0 Å². The summed E-state index contributed by atoms with van der Waals surface area (Å²) in [6.07, 6.45) is 5.60. The van der Waals surface area contributed by atoms with Crippen LogP contribution in [0, 0.1) is 5.92 Å². The highest BCUT2D eigenvalue weighted by molar-refractivity contribution is 5.85. The number of methoxy groups -OCH3 is 1. The standard InChI is InChI=1S/C21H27N3O3.2ClH/c1-21(22)11-4-3-8-18(21)20(25)24-14-15-9-10-19(23-13-15)27-17-7-5-6-16(12-17)26-2;;/h5-7,9-10,12-13,18H,3-4,8,11,14,22H2,1-2H3,(H,24,25);2*1H. The number of amides is 1. The fourth-order valence-electron chi connectivity index (χ4n) is 3.46. The molecule has 1 saturated carbocycles. The summed E-state index contributed by atoms with van der Waals surface area (Å²) in [5.41, 5.74) is 6.80. The van der Waals surface area contributed by atoms with E-state index in [1.54, 1.807) is 25.4 Å². The molecule has 0 saturated heterocycles. The predicted octanol–water partition coefficient (Wildman–Crippen LogP) is 4.25. The normalized spacial score (nSPS) is 20.6. The Morgan fingerprint density at radius 3 is 2.66 bits per heavy atom. The highest BCUT2D eigenvalue weighted by Crippen LogP contribution is 2.31. The van der Waals surface area contributed by atoms with Crippen molar-refractivity contribution in [1.82, 2.24) is 10.3 Å². The van der Waals surface area contributed by atoms with Gasteiger partial charge in [0.15, 0.2) is 0 Å². The Kier molecular flexibility index (Phi) is 9.70. The number of hydrogen-bond acceptors (Lipinski definition) is 5. The van der Waals surface area contributed by atoms with Crippen LogP contribution >= 0.6 is 24.8 Å². The quantitative estimate of drug-likeness (QED) is 0.699. The first kappa shape index (κ1) is 25.0. The van der Waals surface area contributed by atoms with Crippen molar-refractivity contribution in [1.29, 1.82) is 0 Å². The zero-order valence-electron chi connectivity index (χ0n) is 16.7. The number of carbonyl (C=O) groups excluding carboxylic acids is 1. The van der Waals surface area contributed by atoms with E-state index in [1.807, 2.05) is 31.2 Å². The average molecular weight is 442 g/mol. The Balaban J connectivity index is 0.00000210. The molecule has 1 aromatic heterocycles. The van der Waals surface area contributed by atoms with Crippen LogP contribution in [0.1, 0.15) is 38.2 Å². The molecule has 3 rings (SSSR count). The summed E-state index contributed by atoms with van der Waals surface area (Å²) in [5, 5.41) is 2.99. The molecule has 0 spiro atoms. The SMILES string of the molecule is COc1cccc(Oc2ccc(CNC(=O)C3CCCCC3(C)N)cn2)c1.Cl.Cl. The lowest BCUT2D eigenvalue weighted by Gasteiger charge is -2.37. The van der Waals surface area contributed by atoms with Crippen LogP contribution in [-0.4, -0.2) is 23.5 Å². The molecular formula is C21H29Cl2N3O3. The van der Waals surface area contributed by atoms with Gasteiger partial charge in [-0.15, -0.1) is 24.8 Å². The summed E-state index contributed by atoms with van der Waals surface area (Å²) < 4.78 is 10.9. The van der Waals surface area contributed by atoms with Crippen molar-refractivity contribution >= 4 is 30.7 Å². The molecule has 8 heteroatoms. The van der Waals surface area contributed by atoms with Gasteiger partial charge in [0.05, 0.1) is 13.0 Å². The maximum absolute atomic E-state index is 12.5. The van der Waals surface area contributed by atoms with Crippen LogP contribution < -0.4 is 20.5 Å². The summed E-state index contributed by atoms with van der Waals surface area (Å²) in [7, 11) is 1.61. The molecule has 1 heterocycles. The molecule has 0 aliphatic heterocycles. The van der Waals surface area contributed by atoms with E-state index >= 15 is 0 Å². The van der Waals surface area contributed by atoms with E-state index in [0.717, 1.165) is 37.0 Å². The molecule has 29 heavy (non-hydrogen) atoms. The number of nitrogens with zero attached hydrogens (tertiary/aromatic N) is 1. The summed E-state index contributed by atoms with van der Waals surface area (Å²) >= 11 is 0. The van der Waals surface area contributed by atoms with Crippen molar-refractivity contribution in [3.8, 4) is 17.4 Å². The third-order valence-corrected chi connectivity index (χ3v) is 5.10. The molecule has 1 aliphatic carbocycles. The molecule has 6 nitrogen and oxygen atoms in total. The smallest absolute Gasteiger partial charge is 0.225 e. The fraction of sp³-hybridized carbons (Fsp3) is 0.429. The van der Waals surface area contributed by atoms with Gasteiger partial charge in [-0.1, -0.05) is 25.0 Å². The van der Waals surface area contributed by atoms with Crippen molar-refractivity contribution in [2.45, 2.75) is 44.7 Å². The monoisotopic (exact) mass is 441 g/mol. The van der Waals surface area contributed by atoms with Gasteiger partial charge < -0.3 is 20.5 Å². The first-order valence-electron chi connectivity index (χ1n) is 9.31. The number of nitrogens with one attached hydrogen (secondary N) is 1. The van der Waals surface area contributed by atoms with E-state index in [1.165, 1.54) is 0 Å². The average Bonchev–Trinajstić information content (AvgIpc) is 2.67. The third-order valence-electron chi connectivity index (χ3n) is 5.10. The van der Waals surface area contributed by atoms with Crippen LogP contribution in [0.3, 0.4) is 0 Å². The maximum atomic E-state index is 12.5. The van der Waals surface area contributed by atoms with Gasteiger partial charge in [0.1, 0.15) is 11.5 Å². The van der Waals surface area contributed by atoms with Crippen LogP contribution in [0.15, 0.2) is 42.6 Å². The molecular weight excluding hydrogens is 413 g/mol. The van der Waals surface area contributed by atoms with Crippen molar-refractivity contribution in [2.75, 3.05) is 7.11 Å². The maximum Gasteiger partial charge on any atom is 0.225 e. The minimum absolute atomic E-state index is 0. The van der Waals surface area contributed by atoms with Crippen LogP contribution in [0.2, 0.25) is 0 Å². The number of hydrogen-bond donors (Lipinski definition) is 2. The van der Waals surface area contributed by atoms with Crippen LogP contribution in [-0.2, 0) is 11.3 Å². The topological polar surface area (TPSA) is 86.5 Å². The second kappa shape index (κ2) is 11.2. The molecule has 1 aliphatic rings. The summed E-state index contributed by atoms with van der Waals surface area (Å²) in [6, 6.07) is 11.0. The van der Waals surface area contributed by atoms with E-state index in [9.17, 15) is 4.79 Å². The predicted molar refractivity (Wildman–Crippen MR) is 118 cm³/mol. The number of rotatable bonds is 6. The summed E-state index contributed by atoms with van der Waals surface area (Å²) in [5.74, 6) is 1.76. The Morgan fingerprint density at radius 2 is 2.00 bits per heavy atom. The van der Waals surface area contributed by atoms with Gasteiger partial charge in [-0.25, -0.2) is 4.98 Å². The highest BCUT2D eigenvalue weighted by atomic mass is 35.5. The number of pyridine rings is 1. The summed E-state index contributed by atoms with van der Waals surface area (Å²) in [4.78, 5) is 16.8. The lowest BCUT2D eigenvalue weighted by Crippen LogP contribution is -2.52. The van der Waals surface area contributed by atoms with Gasteiger partial charge >= 0.3 is 0 Å². The zero-order valence-corrected chi connectivity index (χ0v) is 18.4. The van der Waals surface area contributed by atoms with Crippen molar-refractivity contribution < 1.29 is 14.3 Å². The number of nitrogens with two attached hydrogens (primary N) is 1. The van der Waals surface area contributed by atoms with Gasteiger partial charge in [0, 0.05) is 30.4 Å². The van der Waals surface area contributed by atoms with E-state index in [0.29, 0.717) is 18.2 Å². The number of ether oxygens (including phenoxy) is 2. The zero-order chi connectivity index (χ0) is 19.3. The number of halogens is 2. The summed E-state index contributed by atoms with van der Waals surface area (Å²) in [6.45, 7) is 2.40. The molecule has 2 atom stereocenters. The van der Waals surface area contributed by atoms with Gasteiger partial charge in [0.2, 0.25) is 11.8 Å². The van der Waals surface area contributed by atoms with Crippen molar-refractivity contribution in [2.24, 2.45) is 11.7 Å². The lowest BCUT2D eigenvalue weighted by atomic mass is 9.74. The minimum Gasteiger partial charge on any atom is -0.497 e. The highest BCUT2D eigenvalue weighted by Gasteiger charge is 2.37. The molecule has 2 unspecified atom stereocenters. The first-order chi connectivity index (χ1) is 13.0. The Labute approximate surface area is 184 Å². The molecule has 0 radical (unpaired) electrons. The largest absolute Gasteiger partial charge is 0.497 e. The number of benzene rings is 1. The van der Waals surface area contributed by atoms with Crippen LogP contribution in [0.25, 0.3) is 0 Å². The molecule has 1 fully saturated rings. The van der Waals surface area contributed by atoms with Gasteiger partial charge in [-0.05, 0) is 37.5 Å². The molecule has 1 aromatic carbocycles. The molecule has 3 N–H and O–H groups in total. The number of carbonyl (C=O) groups is 1. The van der Waals surface area contributed by atoms with E-state index in [2.05, 4.69) is 10.3 Å². The van der Waals surface area contributed by atoms with E-state index in [4.69, 9.17) is 15.2 Å². The second-order valence-corrected chi connectivity index (χ2v) is 7.31. The molecule has 1 amide bonds. The third kappa shape index (κ3) is 6.77. The van der Waals surface area contributed by atoms with Crippen LogP contribution in [0.5, 0.6) is 17.4 Å². The second-order valence-electron chi connectivity index (χ2n) is 7.31. The van der Waals surface area contributed by atoms with Crippen molar-refractivity contribution in [3.63, 3.8) is 0 Å². The number of aromatic nitrogens is 1. The molecule has 2 aromatic rings. The minimum atomic E-state index is -0.422. The fourth-order valence-corrected chi connectivity index (χ4v) is 3.46. The van der Waals surface area contributed by atoms with Gasteiger partial charge in [-0.2, -0.15) is 0 Å². The lowest BCUT2D eigenvalue weighted by molar-refractivity contribution is -0.128. The molecule has 160 valence electrons. The first-order valence-corrected chi connectivity index (χ1v) is 9.31. The van der Waals surface area contributed by atoms with Gasteiger partial charge in [-0.3, -0.25) is 4.79 Å². The van der Waals surface area contributed by atoms with Crippen LogP contribution in [0.4, 0.5) is 0 Å². The Morgan fingerprint density at radius 1 is 1.24 bits per heavy atom. The van der Waals surface area contributed by atoms with E-state index < -0.39 is 5.54 Å². The molecule has 0 bridgehead atoms. The Hall–Kier alpha value is -2.02. The van der Waals surface area contributed by atoms with E-state index in [-0.39, 0.29) is 36.6 Å². The Bertz CT molecular complexity index is 785.